The second-order valence-corrected chi connectivity index (χ2v) is 13.0. The van der Waals surface area contributed by atoms with Gasteiger partial charge in [-0.15, -0.1) is 0 Å². The zero-order valence-electron chi connectivity index (χ0n) is 26.4. The van der Waals surface area contributed by atoms with Gasteiger partial charge in [-0.05, 0) is 66.3 Å². The number of carbonyl (C=O) groups excluding carboxylic acids is 1. The summed E-state index contributed by atoms with van der Waals surface area (Å²) in [7, 11) is 1.56. The molecule has 0 unspecified atom stereocenters. The van der Waals surface area contributed by atoms with E-state index < -0.39 is 12.0 Å². The van der Waals surface area contributed by atoms with Gasteiger partial charge < -0.3 is 14.2 Å². The van der Waals surface area contributed by atoms with Crippen LogP contribution in [-0.4, -0.2) is 24.3 Å². The van der Waals surface area contributed by atoms with Gasteiger partial charge in [0.1, 0.15) is 6.61 Å². The number of halogens is 2. The molecule has 0 saturated carbocycles. The first-order valence-electron chi connectivity index (χ1n) is 15.2. The van der Waals surface area contributed by atoms with Gasteiger partial charge in [0.25, 0.3) is 5.56 Å². The minimum Gasteiger partial charge on any atom is -0.493 e. The van der Waals surface area contributed by atoms with E-state index in [1.54, 1.807) is 42.9 Å². The SMILES string of the molecule is CCCC1=C(C(=O)OCC)[C@H](c2ccc(C(C)C)cc2)n2c(s/c(=C\c3ccc(OCc4ccc(Cl)cc4Cl)c(OC)c3)c2=O)=N1. The number of ether oxygens (including phenoxy) is 3. The molecule has 0 saturated heterocycles. The van der Waals surface area contributed by atoms with E-state index in [9.17, 15) is 9.59 Å². The predicted molar refractivity (Wildman–Crippen MR) is 184 cm³/mol. The van der Waals surface area contributed by atoms with Crippen molar-refractivity contribution in [1.29, 1.82) is 0 Å². The lowest BCUT2D eigenvalue weighted by Crippen LogP contribution is -2.40. The maximum Gasteiger partial charge on any atom is 0.338 e. The molecule has 0 amide bonds. The molecule has 5 rings (SSSR count). The maximum atomic E-state index is 14.1. The molecule has 4 aromatic rings. The Kier molecular flexibility index (Phi) is 10.7. The van der Waals surface area contributed by atoms with E-state index in [2.05, 4.69) is 26.0 Å². The lowest BCUT2D eigenvalue weighted by atomic mass is 9.92. The van der Waals surface area contributed by atoms with Crippen LogP contribution < -0.4 is 24.4 Å². The van der Waals surface area contributed by atoms with E-state index in [1.807, 2.05) is 37.3 Å². The predicted octanol–water partition coefficient (Wildman–Crippen LogP) is 7.60. The highest BCUT2D eigenvalue weighted by molar-refractivity contribution is 7.07. The highest BCUT2D eigenvalue weighted by atomic mass is 35.5. The summed E-state index contributed by atoms with van der Waals surface area (Å²) in [6.45, 7) is 8.52. The van der Waals surface area contributed by atoms with Crippen molar-refractivity contribution in [3.8, 4) is 11.5 Å². The third-order valence-corrected chi connectivity index (χ3v) is 9.26. The Hall–Kier alpha value is -3.85. The zero-order valence-corrected chi connectivity index (χ0v) is 28.8. The summed E-state index contributed by atoms with van der Waals surface area (Å²) in [5.41, 5.74) is 4.35. The summed E-state index contributed by atoms with van der Waals surface area (Å²) >= 11 is 13.6. The Morgan fingerprint density at radius 3 is 2.46 bits per heavy atom. The summed E-state index contributed by atoms with van der Waals surface area (Å²) in [6.07, 6.45) is 3.17. The summed E-state index contributed by atoms with van der Waals surface area (Å²) in [5.74, 6) is 0.919. The van der Waals surface area contributed by atoms with Crippen molar-refractivity contribution >= 4 is 46.6 Å². The van der Waals surface area contributed by atoms with E-state index in [0.29, 0.717) is 54.5 Å². The van der Waals surface area contributed by atoms with Crippen LogP contribution >= 0.6 is 34.5 Å². The van der Waals surface area contributed by atoms with E-state index in [1.165, 1.54) is 16.9 Å². The number of thiazole rings is 1. The van der Waals surface area contributed by atoms with Gasteiger partial charge in [-0.2, -0.15) is 0 Å². The van der Waals surface area contributed by atoms with Crippen LogP contribution in [0.15, 0.2) is 81.7 Å². The van der Waals surface area contributed by atoms with Crippen molar-refractivity contribution in [3.63, 3.8) is 0 Å². The molecule has 2 heterocycles. The molecule has 10 heteroatoms. The number of allylic oxidation sites excluding steroid dienone is 1. The Morgan fingerprint density at radius 1 is 1.04 bits per heavy atom. The van der Waals surface area contributed by atoms with Crippen LogP contribution in [0.1, 0.15) is 74.8 Å². The van der Waals surface area contributed by atoms with Crippen molar-refractivity contribution in [2.75, 3.05) is 13.7 Å². The van der Waals surface area contributed by atoms with Gasteiger partial charge in [0.2, 0.25) is 0 Å². The molecular weight excluding hydrogens is 643 g/mol. The van der Waals surface area contributed by atoms with Gasteiger partial charge in [0.15, 0.2) is 16.3 Å². The van der Waals surface area contributed by atoms with Crippen LogP contribution in [0.25, 0.3) is 6.08 Å². The molecule has 0 aliphatic carbocycles. The Balaban J connectivity index is 1.57. The second kappa shape index (κ2) is 14.7. The number of fused-ring (bicyclic) bond motifs is 1. The van der Waals surface area contributed by atoms with E-state index in [4.69, 9.17) is 42.4 Å². The summed E-state index contributed by atoms with van der Waals surface area (Å²) in [5, 5.41) is 1.07. The number of benzene rings is 3. The molecule has 0 N–H and O–H groups in total. The number of hydrogen-bond donors (Lipinski definition) is 0. The van der Waals surface area contributed by atoms with Crippen molar-refractivity contribution in [2.45, 2.75) is 59.1 Å². The number of hydrogen-bond acceptors (Lipinski definition) is 7. The van der Waals surface area contributed by atoms with Gasteiger partial charge in [0, 0.05) is 15.6 Å². The molecule has 0 radical (unpaired) electrons. The topological polar surface area (TPSA) is 79.1 Å². The normalized spacial score (nSPS) is 14.7. The highest BCUT2D eigenvalue weighted by Crippen LogP contribution is 2.34. The monoisotopic (exact) mass is 678 g/mol. The minimum atomic E-state index is -0.662. The molecule has 7 nitrogen and oxygen atoms in total. The van der Waals surface area contributed by atoms with Crippen LogP contribution in [0.4, 0.5) is 0 Å². The molecule has 3 aromatic carbocycles. The van der Waals surface area contributed by atoms with E-state index in [-0.39, 0.29) is 18.8 Å². The number of methoxy groups -OCH3 is 1. The van der Waals surface area contributed by atoms with Gasteiger partial charge in [-0.3, -0.25) is 9.36 Å². The average Bonchev–Trinajstić information content (AvgIpc) is 3.34. The molecule has 0 fully saturated rings. The van der Waals surface area contributed by atoms with Gasteiger partial charge in [0.05, 0.1) is 35.6 Å². The molecule has 0 spiro atoms. The third-order valence-electron chi connectivity index (χ3n) is 7.69. The van der Waals surface area contributed by atoms with Gasteiger partial charge in [-0.25, -0.2) is 9.79 Å². The number of esters is 1. The summed E-state index contributed by atoms with van der Waals surface area (Å²) < 4.78 is 19.2. The largest absolute Gasteiger partial charge is 0.493 e. The Bertz CT molecular complexity index is 1960. The number of carbonyl (C=O) groups is 1. The Labute approximate surface area is 282 Å². The smallest absolute Gasteiger partial charge is 0.338 e. The lowest BCUT2D eigenvalue weighted by molar-refractivity contribution is -0.139. The number of rotatable bonds is 11. The van der Waals surface area contributed by atoms with Gasteiger partial charge in [-0.1, -0.05) is 98.1 Å². The zero-order chi connectivity index (χ0) is 33.0. The summed E-state index contributed by atoms with van der Waals surface area (Å²) in [6, 6.07) is 18.1. The maximum absolute atomic E-state index is 14.1. The average molecular weight is 680 g/mol. The van der Waals surface area contributed by atoms with E-state index in [0.717, 1.165) is 23.1 Å². The van der Waals surface area contributed by atoms with Crippen LogP contribution in [0.2, 0.25) is 10.0 Å². The van der Waals surface area contributed by atoms with Crippen LogP contribution in [0, 0.1) is 0 Å². The first-order valence-corrected chi connectivity index (χ1v) is 16.8. The fraction of sp³-hybridized carbons (Fsp3) is 0.306. The van der Waals surface area contributed by atoms with Crippen LogP contribution in [0.5, 0.6) is 11.5 Å². The first kappa shape index (κ1) is 33.5. The molecule has 1 aromatic heterocycles. The molecule has 46 heavy (non-hydrogen) atoms. The van der Waals surface area contributed by atoms with E-state index >= 15 is 0 Å². The third kappa shape index (κ3) is 7.09. The molecule has 1 atom stereocenters. The number of nitrogens with zero attached hydrogens (tertiary/aromatic N) is 2. The fourth-order valence-electron chi connectivity index (χ4n) is 5.34. The standard InChI is InChI=1S/C36H36Cl2N2O5S/c1-6-8-28-32(35(42)44-7-2)33(24-12-10-23(11-13-24)21(3)4)40-34(41)31(46-36(40)39-28)18-22-9-16-29(30(17-22)43-5)45-20-25-14-15-26(37)19-27(25)38/h9-19,21,33H,6-8,20H2,1-5H3/b31-18-/t33-/m0/s1. The fourth-order valence-corrected chi connectivity index (χ4v) is 6.82. The van der Waals surface area contributed by atoms with Crippen LogP contribution in [-0.2, 0) is 16.1 Å². The second-order valence-electron chi connectivity index (χ2n) is 11.2. The highest BCUT2D eigenvalue weighted by Gasteiger charge is 2.34. The molecule has 1 aliphatic heterocycles. The molecule has 240 valence electrons. The van der Waals surface area contributed by atoms with Crippen molar-refractivity contribution < 1.29 is 19.0 Å². The Morgan fingerprint density at radius 2 is 1.80 bits per heavy atom. The van der Waals surface area contributed by atoms with Gasteiger partial charge >= 0.3 is 5.97 Å². The molecule has 0 bridgehead atoms. The summed E-state index contributed by atoms with van der Waals surface area (Å²) in [4.78, 5) is 33.0. The van der Waals surface area contributed by atoms with Crippen molar-refractivity contribution in [1.82, 2.24) is 4.57 Å². The first-order chi connectivity index (χ1) is 22.1. The minimum absolute atomic E-state index is 0.222. The quantitative estimate of drug-likeness (QED) is 0.153. The lowest BCUT2D eigenvalue weighted by Gasteiger charge is -2.26. The molecular formula is C36H36Cl2N2O5S. The molecule has 1 aliphatic rings. The number of aromatic nitrogens is 1. The van der Waals surface area contributed by atoms with Crippen molar-refractivity contribution in [3.05, 3.63) is 124 Å². The van der Waals surface area contributed by atoms with Crippen LogP contribution in [0.3, 0.4) is 0 Å². The van der Waals surface area contributed by atoms with Crippen molar-refractivity contribution in [2.24, 2.45) is 4.99 Å².